The van der Waals surface area contributed by atoms with E-state index in [4.69, 9.17) is 13.8 Å². The highest BCUT2D eigenvalue weighted by Gasteiger charge is 2.38. The van der Waals surface area contributed by atoms with E-state index in [2.05, 4.69) is 0 Å². The van der Waals surface area contributed by atoms with Gasteiger partial charge in [0, 0.05) is 46.6 Å². The van der Waals surface area contributed by atoms with Gasteiger partial charge in [0.05, 0.1) is 17.4 Å². The van der Waals surface area contributed by atoms with E-state index in [0.717, 1.165) is 6.07 Å². The van der Waals surface area contributed by atoms with Gasteiger partial charge >= 0.3 is 13.7 Å². The molecule has 1 aromatic carbocycles. The molecule has 32 heavy (non-hydrogen) atoms. The molecule has 1 aromatic heterocycles. The highest BCUT2D eigenvalue weighted by molar-refractivity contribution is 7.51. The number of benzene rings is 1. The number of carboxylic acid groups (broad SMARTS) is 1. The topological polar surface area (TPSA) is 111 Å². The summed E-state index contributed by atoms with van der Waals surface area (Å²) in [6, 6.07) is 1.07. The third-order valence-corrected chi connectivity index (χ3v) is 7.80. The van der Waals surface area contributed by atoms with Crippen LogP contribution in [0.25, 0.3) is 10.9 Å². The molecular formula is C20H25FN3O7P. The summed E-state index contributed by atoms with van der Waals surface area (Å²) >= 11 is 0. The lowest BCUT2D eigenvalue weighted by atomic mass is 10.0. The van der Waals surface area contributed by atoms with Crippen LogP contribution in [0.1, 0.15) is 24.2 Å². The molecule has 1 saturated heterocycles. The maximum absolute atomic E-state index is 15.4. The van der Waals surface area contributed by atoms with Gasteiger partial charge in [-0.25, -0.2) is 18.4 Å². The molecule has 3 heterocycles. The van der Waals surface area contributed by atoms with Crippen LogP contribution >= 0.6 is 7.75 Å². The maximum Gasteiger partial charge on any atom is 0.407 e. The van der Waals surface area contributed by atoms with Crippen LogP contribution < -0.4 is 15.1 Å². The van der Waals surface area contributed by atoms with Crippen molar-refractivity contribution in [3.05, 3.63) is 33.9 Å². The number of ether oxygens (including phenoxy) is 1. The Hall–Kier alpha value is -2.46. The Morgan fingerprint density at radius 3 is 2.41 bits per heavy atom. The van der Waals surface area contributed by atoms with Gasteiger partial charge < -0.3 is 19.3 Å². The third-order valence-electron chi connectivity index (χ3n) is 5.78. The largest absolute Gasteiger partial charge is 0.481 e. The molecule has 174 valence electrons. The Kier molecular flexibility index (Phi) is 5.57. The minimum Gasteiger partial charge on any atom is -0.481 e. The van der Waals surface area contributed by atoms with Crippen molar-refractivity contribution in [2.45, 2.75) is 26.0 Å². The number of rotatable bonds is 5. The van der Waals surface area contributed by atoms with Gasteiger partial charge in [-0.3, -0.25) is 13.8 Å². The Balaban J connectivity index is 1.83. The quantitative estimate of drug-likeness (QED) is 0.661. The average molecular weight is 469 g/mol. The van der Waals surface area contributed by atoms with Gasteiger partial charge in [-0.15, -0.1) is 0 Å². The van der Waals surface area contributed by atoms with Gasteiger partial charge in [0.1, 0.15) is 16.9 Å². The molecule has 1 N–H and O–H groups in total. The van der Waals surface area contributed by atoms with Gasteiger partial charge in [-0.05, 0) is 19.9 Å². The molecule has 0 radical (unpaired) electrons. The number of carboxylic acids is 1. The number of piperazine rings is 1. The summed E-state index contributed by atoms with van der Waals surface area (Å²) in [7, 11) is -0.783. The van der Waals surface area contributed by atoms with Crippen molar-refractivity contribution in [3.63, 3.8) is 0 Å². The molecule has 4 rings (SSSR count). The second-order valence-electron chi connectivity index (χ2n) is 8.37. The summed E-state index contributed by atoms with van der Waals surface area (Å²) in [6.07, 6.45) is 1.29. The smallest absolute Gasteiger partial charge is 0.407 e. The number of pyridine rings is 1. The van der Waals surface area contributed by atoms with Crippen molar-refractivity contribution in [1.29, 1.82) is 0 Å². The van der Waals surface area contributed by atoms with Crippen LogP contribution in [0.5, 0.6) is 5.75 Å². The maximum atomic E-state index is 15.4. The van der Waals surface area contributed by atoms with E-state index < -0.39 is 36.1 Å². The number of halogens is 1. The van der Waals surface area contributed by atoms with Gasteiger partial charge in [-0.1, -0.05) is 0 Å². The third kappa shape index (κ3) is 3.59. The van der Waals surface area contributed by atoms with Crippen LogP contribution in [0.3, 0.4) is 0 Å². The van der Waals surface area contributed by atoms with E-state index in [1.165, 1.54) is 20.4 Å². The van der Waals surface area contributed by atoms with Crippen molar-refractivity contribution in [3.8, 4) is 5.75 Å². The first-order valence-corrected chi connectivity index (χ1v) is 11.5. The lowest BCUT2D eigenvalue weighted by Crippen LogP contribution is -2.46. The normalized spacial score (nSPS) is 18.6. The van der Waals surface area contributed by atoms with Crippen molar-refractivity contribution in [1.82, 2.24) is 9.24 Å². The summed E-state index contributed by atoms with van der Waals surface area (Å²) in [4.78, 5) is 26.1. The Bertz CT molecular complexity index is 1200. The summed E-state index contributed by atoms with van der Waals surface area (Å²) < 4.78 is 47.5. The summed E-state index contributed by atoms with van der Waals surface area (Å²) in [5.74, 6) is -1.86. The number of hydrogen-bond donors (Lipinski definition) is 1. The minimum absolute atomic E-state index is 0.0430. The predicted octanol–water partition coefficient (Wildman–Crippen LogP) is 2.53. The zero-order valence-electron chi connectivity index (χ0n) is 18.3. The number of hydrogen-bond acceptors (Lipinski definition) is 7. The van der Waals surface area contributed by atoms with Gasteiger partial charge in [0.2, 0.25) is 5.43 Å². The second-order valence-corrected chi connectivity index (χ2v) is 10.6. The molecule has 10 nitrogen and oxygen atoms in total. The molecule has 0 atom stereocenters. The molecule has 1 fully saturated rings. The second kappa shape index (κ2) is 7.84. The zero-order chi connectivity index (χ0) is 23.4. The molecule has 0 unspecified atom stereocenters. The molecular weight excluding hydrogens is 444 g/mol. The summed E-state index contributed by atoms with van der Waals surface area (Å²) in [5.41, 5.74) is -1.40. The van der Waals surface area contributed by atoms with Crippen molar-refractivity contribution >= 4 is 30.3 Å². The molecule has 0 aliphatic carbocycles. The molecule has 2 aromatic rings. The van der Waals surface area contributed by atoms with Crippen LogP contribution in [-0.2, 0) is 20.2 Å². The first-order chi connectivity index (χ1) is 15.0. The fourth-order valence-corrected chi connectivity index (χ4v) is 5.63. The molecule has 12 heteroatoms. The van der Waals surface area contributed by atoms with Crippen LogP contribution in [0.2, 0.25) is 0 Å². The van der Waals surface area contributed by atoms with Crippen molar-refractivity contribution in [2.24, 2.45) is 0 Å². The van der Waals surface area contributed by atoms with E-state index >= 15 is 4.39 Å². The Labute approximate surface area is 183 Å². The van der Waals surface area contributed by atoms with E-state index in [1.807, 2.05) is 0 Å². The molecule has 2 aliphatic rings. The average Bonchev–Trinajstić information content (AvgIpc) is 2.74. The van der Waals surface area contributed by atoms with E-state index in [0.29, 0.717) is 38.2 Å². The van der Waals surface area contributed by atoms with E-state index in [9.17, 15) is 19.3 Å². The van der Waals surface area contributed by atoms with Crippen LogP contribution in [0.15, 0.2) is 17.1 Å². The predicted molar refractivity (Wildman–Crippen MR) is 115 cm³/mol. The number of anilines is 1. The standard InChI is InChI=1S/C20H25FN3O7P/c1-20(2)11-23-10-13(19(26)27)17(25)12-9-14(21)16(18(31-20)15(12)23)22-5-7-24(8-6-22)32(28,29-3)30-4/h9-10H,5-8,11H2,1-4H3,(H,26,27). The van der Waals surface area contributed by atoms with Gasteiger partial charge in [0.15, 0.2) is 11.6 Å². The zero-order valence-corrected chi connectivity index (χ0v) is 19.1. The van der Waals surface area contributed by atoms with Gasteiger partial charge in [-0.2, -0.15) is 0 Å². The molecule has 0 bridgehead atoms. The highest BCUT2D eigenvalue weighted by Crippen LogP contribution is 2.51. The van der Waals surface area contributed by atoms with Crippen molar-refractivity contribution < 1.29 is 32.6 Å². The Morgan fingerprint density at radius 1 is 1.22 bits per heavy atom. The van der Waals surface area contributed by atoms with E-state index in [1.54, 1.807) is 28.0 Å². The molecule has 0 amide bonds. The fourth-order valence-electron chi connectivity index (χ4n) is 4.35. The monoisotopic (exact) mass is 469 g/mol. The lowest BCUT2D eigenvalue weighted by Gasteiger charge is -2.41. The highest BCUT2D eigenvalue weighted by atomic mass is 31.2. The molecule has 0 spiro atoms. The summed E-state index contributed by atoms with van der Waals surface area (Å²) in [5, 5.41) is 9.38. The number of aromatic nitrogens is 1. The lowest BCUT2D eigenvalue weighted by molar-refractivity contribution is 0.0685. The number of carbonyl (C=O) groups is 1. The fraction of sp³-hybridized carbons (Fsp3) is 0.500. The molecule has 0 saturated carbocycles. The van der Waals surface area contributed by atoms with Crippen LogP contribution in [-0.4, -0.2) is 66.3 Å². The number of aromatic carboxylic acids is 1. The minimum atomic E-state index is -3.40. The summed E-state index contributed by atoms with van der Waals surface area (Å²) in [6.45, 7) is 5.12. The van der Waals surface area contributed by atoms with Crippen LogP contribution in [0.4, 0.5) is 10.1 Å². The first-order valence-electron chi connectivity index (χ1n) is 10.0. The van der Waals surface area contributed by atoms with E-state index in [-0.39, 0.29) is 16.8 Å². The van der Waals surface area contributed by atoms with Crippen molar-refractivity contribution in [2.75, 3.05) is 45.3 Å². The number of nitrogens with zero attached hydrogens (tertiary/aromatic N) is 3. The first kappa shape index (κ1) is 22.7. The van der Waals surface area contributed by atoms with Crippen LogP contribution in [0, 0.1) is 5.82 Å². The molecule has 2 aliphatic heterocycles. The Morgan fingerprint density at radius 2 is 1.84 bits per heavy atom. The SMILES string of the molecule is COP(=O)(OC)N1CCN(c2c(F)cc3c(=O)c(C(=O)O)cn4c3c2OC(C)(C)C4)CC1. The van der Waals surface area contributed by atoms with Gasteiger partial charge in [0.25, 0.3) is 0 Å².